The van der Waals surface area contributed by atoms with E-state index in [1.54, 1.807) is 0 Å². The average Bonchev–Trinajstić information content (AvgIpc) is 2.39. The predicted octanol–water partition coefficient (Wildman–Crippen LogP) is 3.72. The van der Waals surface area contributed by atoms with Crippen LogP contribution < -0.4 is 5.32 Å². The third kappa shape index (κ3) is 4.34. The Labute approximate surface area is 114 Å². The zero-order valence-electron chi connectivity index (χ0n) is 10.6. The molecule has 0 aliphatic heterocycles. The van der Waals surface area contributed by atoms with Crippen molar-refractivity contribution < 1.29 is 4.79 Å². The van der Waals surface area contributed by atoms with Gasteiger partial charge in [-0.15, -0.1) is 0 Å². The monoisotopic (exact) mass is 265 g/mol. The van der Waals surface area contributed by atoms with Gasteiger partial charge in [0, 0.05) is 17.5 Å². The second-order valence-electron chi connectivity index (χ2n) is 5.03. The Morgan fingerprint density at radius 3 is 2.50 bits per heavy atom. The van der Waals surface area contributed by atoms with E-state index in [0.717, 1.165) is 29.8 Å². The van der Waals surface area contributed by atoms with Gasteiger partial charge in [0.25, 0.3) is 0 Å². The van der Waals surface area contributed by atoms with Crippen molar-refractivity contribution in [3.8, 4) is 0 Å². The van der Waals surface area contributed by atoms with Gasteiger partial charge in [-0.3, -0.25) is 4.79 Å². The molecule has 0 aromatic heterocycles. The molecule has 98 valence electrons. The molecule has 18 heavy (non-hydrogen) atoms. The zero-order valence-corrected chi connectivity index (χ0v) is 11.4. The maximum atomic E-state index is 11.8. The normalized spacial score (nSPS) is 16.5. The van der Waals surface area contributed by atoms with Crippen molar-refractivity contribution >= 4 is 17.5 Å². The largest absolute Gasteiger partial charge is 0.353 e. The highest BCUT2D eigenvalue weighted by Gasteiger charge is 2.15. The molecule has 2 nitrogen and oxygen atoms in total. The third-order valence-corrected chi connectivity index (χ3v) is 3.78. The van der Waals surface area contributed by atoms with E-state index in [2.05, 4.69) is 5.32 Å². The van der Waals surface area contributed by atoms with Crippen molar-refractivity contribution in [3.63, 3.8) is 0 Å². The first-order valence-electron chi connectivity index (χ1n) is 6.78. The Morgan fingerprint density at radius 1 is 1.17 bits per heavy atom. The quantitative estimate of drug-likeness (QED) is 0.883. The molecule has 1 aromatic rings. The van der Waals surface area contributed by atoms with Crippen LogP contribution in [-0.2, 0) is 11.2 Å². The summed E-state index contributed by atoms with van der Waals surface area (Å²) in [7, 11) is 0. The van der Waals surface area contributed by atoms with Crippen molar-refractivity contribution in [2.75, 3.05) is 0 Å². The van der Waals surface area contributed by atoms with E-state index in [4.69, 9.17) is 11.6 Å². The van der Waals surface area contributed by atoms with E-state index in [9.17, 15) is 4.79 Å². The van der Waals surface area contributed by atoms with Gasteiger partial charge in [0.05, 0.1) is 0 Å². The fraction of sp³-hybridized carbons (Fsp3) is 0.533. The van der Waals surface area contributed by atoms with Gasteiger partial charge in [-0.1, -0.05) is 43.0 Å². The van der Waals surface area contributed by atoms with Crippen molar-refractivity contribution in [1.29, 1.82) is 0 Å². The lowest BCUT2D eigenvalue weighted by Gasteiger charge is -2.22. The maximum absolute atomic E-state index is 11.8. The number of benzene rings is 1. The third-order valence-electron chi connectivity index (χ3n) is 3.52. The highest BCUT2D eigenvalue weighted by molar-refractivity contribution is 6.30. The summed E-state index contributed by atoms with van der Waals surface area (Å²) in [5.41, 5.74) is 1.16. The Hall–Kier alpha value is -1.02. The summed E-state index contributed by atoms with van der Waals surface area (Å²) in [5.74, 6) is 0.178. The molecule has 3 heteroatoms. The summed E-state index contributed by atoms with van der Waals surface area (Å²) >= 11 is 5.82. The maximum Gasteiger partial charge on any atom is 0.220 e. The van der Waals surface area contributed by atoms with Crippen LogP contribution >= 0.6 is 11.6 Å². The average molecular weight is 266 g/mol. The molecule has 1 saturated carbocycles. The Kier molecular flexibility index (Phi) is 5.06. The van der Waals surface area contributed by atoms with Gasteiger partial charge >= 0.3 is 0 Å². The number of carbonyl (C=O) groups excluding carboxylic acids is 1. The molecule has 1 aliphatic carbocycles. The van der Waals surface area contributed by atoms with Crippen LogP contribution in [0.4, 0.5) is 0 Å². The summed E-state index contributed by atoms with van der Waals surface area (Å²) < 4.78 is 0. The van der Waals surface area contributed by atoms with E-state index < -0.39 is 0 Å². The van der Waals surface area contributed by atoms with Gasteiger partial charge in [0.15, 0.2) is 0 Å². The lowest BCUT2D eigenvalue weighted by molar-refractivity contribution is -0.121. The van der Waals surface area contributed by atoms with Crippen LogP contribution in [0.2, 0.25) is 5.02 Å². The van der Waals surface area contributed by atoms with E-state index >= 15 is 0 Å². The first kappa shape index (κ1) is 13.4. The molecular weight excluding hydrogens is 246 g/mol. The predicted molar refractivity (Wildman–Crippen MR) is 74.8 cm³/mol. The molecule has 0 unspecified atom stereocenters. The fourth-order valence-corrected chi connectivity index (χ4v) is 2.58. The minimum absolute atomic E-state index is 0.178. The van der Waals surface area contributed by atoms with Crippen molar-refractivity contribution in [1.82, 2.24) is 5.32 Å². The van der Waals surface area contributed by atoms with Gasteiger partial charge < -0.3 is 5.32 Å². The lowest BCUT2D eigenvalue weighted by Crippen LogP contribution is -2.36. The van der Waals surface area contributed by atoms with Gasteiger partial charge in [-0.25, -0.2) is 0 Å². The lowest BCUT2D eigenvalue weighted by atomic mass is 9.95. The van der Waals surface area contributed by atoms with Crippen molar-refractivity contribution in [2.24, 2.45) is 0 Å². The molecule has 0 saturated heterocycles. The van der Waals surface area contributed by atoms with E-state index in [1.165, 1.54) is 19.3 Å². The van der Waals surface area contributed by atoms with Gasteiger partial charge in [0.2, 0.25) is 5.91 Å². The number of aryl methyl sites for hydroxylation is 1. The number of halogens is 1. The van der Waals surface area contributed by atoms with Crippen molar-refractivity contribution in [3.05, 3.63) is 34.9 Å². The first-order chi connectivity index (χ1) is 8.74. The number of rotatable bonds is 4. The van der Waals surface area contributed by atoms with E-state index in [1.807, 2.05) is 24.3 Å². The Morgan fingerprint density at radius 2 is 1.83 bits per heavy atom. The molecular formula is C15H20ClNO. The number of nitrogens with one attached hydrogen (secondary N) is 1. The molecule has 1 aliphatic rings. The second-order valence-corrected chi connectivity index (χ2v) is 5.47. The van der Waals surface area contributed by atoms with Crippen LogP contribution in [-0.4, -0.2) is 11.9 Å². The number of carbonyl (C=O) groups is 1. The molecule has 1 fully saturated rings. The molecule has 2 rings (SSSR count). The molecule has 1 N–H and O–H groups in total. The van der Waals surface area contributed by atoms with E-state index in [-0.39, 0.29) is 5.91 Å². The smallest absolute Gasteiger partial charge is 0.220 e. The number of amides is 1. The number of hydrogen-bond acceptors (Lipinski definition) is 1. The topological polar surface area (TPSA) is 29.1 Å². The number of hydrogen-bond donors (Lipinski definition) is 1. The summed E-state index contributed by atoms with van der Waals surface area (Å²) in [4.78, 5) is 11.8. The molecule has 0 spiro atoms. The highest BCUT2D eigenvalue weighted by atomic mass is 35.5. The Bertz CT molecular complexity index is 382. The molecule has 0 bridgehead atoms. The standard InChI is InChI=1S/C15H20ClNO/c16-13-9-6-12(7-10-13)8-11-15(18)17-14-4-2-1-3-5-14/h6-7,9-10,14H,1-5,8,11H2,(H,17,18). The summed E-state index contributed by atoms with van der Waals surface area (Å²) in [5, 5.41) is 3.88. The SMILES string of the molecule is O=C(CCc1ccc(Cl)cc1)NC1CCCCC1. The summed E-state index contributed by atoms with van der Waals surface area (Å²) in [6, 6.07) is 8.12. The van der Waals surface area contributed by atoms with Gasteiger partial charge in [-0.05, 0) is 37.0 Å². The molecule has 1 amide bonds. The Balaban J connectivity index is 1.72. The second kappa shape index (κ2) is 6.79. The molecule has 0 radical (unpaired) electrons. The molecule has 0 atom stereocenters. The minimum Gasteiger partial charge on any atom is -0.353 e. The molecule has 1 aromatic carbocycles. The van der Waals surface area contributed by atoms with Crippen LogP contribution in [0, 0.1) is 0 Å². The highest BCUT2D eigenvalue weighted by Crippen LogP contribution is 2.17. The van der Waals surface area contributed by atoms with E-state index in [0.29, 0.717) is 12.5 Å². The van der Waals surface area contributed by atoms with Gasteiger partial charge in [0.1, 0.15) is 0 Å². The van der Waals surface area contributed by atoms with Crippen molar-refractivity contribution in [2.45, 2.75) is 51.0 Å². The van der Waals surface area contributed by atoms with Gasteiger partial charge in [-0.2, -0.15) is 0 Å². The van der Waals surface area contributed by atoms with Crippen LogP contribution in [0.1, 0.15) is 44.1 Å². The minimum atomic E-state index is 0.178. The zero-order chi connectivity index (χ0) is 12.8. The first-order valence-corrected chi connectivity index (χ1v) is 7.15. The van der Waals surface area contributed by atoms with Crippen LogP contribution in [0.5, 0.6) is 0 Å². The summed E-state index contributed by atoms with van der Waals surface area (Å²) in [6.45, 7) is 0. The van der Waals surface area contributed by atoms with Crippen LogP contribution in [0.3, 0.4) is 0 Å². The molecule has 0 heterocycles. The fourth-order valence-electron chi connectivity index (χ4n) is 2.46. The van der Waals surface area contributed by atoms with Crippen LogP contribution in [0.25, 0.3) is 0 Å². The summed E-state index contributed by atoms with van der Waals surface area (Å²) in [6.07, 6.45) is 7.47. The van der Waals surface area contributed by atoms with Crippen LogP contribution in [0.15, 0.2) is 24.3 Å².